The van der Waals surface area contributed by atoms with E-state index in [4.69, 9.17) is 28.7 Å². The molecule has 84 heavy (non-hydrogen) atoms. The van der Waals surface area contributed by atoms with E-state index in [1.54, 1.807) is 55.4 Å². The Morgan fingerprint density at radius 2 is 0.786 bits per heavy atom. The van der Waals surface area contributed by atoms with Crippen LogP contribution >= 0.6 is 0 Å². The molecule has 0 heterocycles. The molecular formula is C51H86N16O16S. The van der Waals surface area contributed by atoms with Crippen molar-refractivity contribution in [2.45, 2.75) is 174 Å². The average Bonchev–Trinajstić information content (AvgIpc) is 3.47. The van der Waals surface area contributed by atoms with Gasteiger partial charge in [0, 0.05) is 26.6 Å². The summed E-state index contributed by atoms with van der Waals surface area (Å²) >= 11 is 0. The number of carboxylic acids is 2. The molecule has 32 nitrogen and oxygen atoms in total. The Morgan fingerprint density at radius 3 is 1.15 bits per heavy atom. The number of carbonyl (C=O) groups excluding carboxylic acids is 9. The van der Waals surface area contributed by atoms with Crippen molar-refractivity contribution in [3.8, 4) is 0 Å². The number of amides is 9. The SMILES string of the molecule is CC(=O)N[C@@H](CCCN=C(N)N)C(=O)NC(CNS(=O)(=O)c1c(C)c(C)c(C)c(C)c1C)C(=O)N[C@@H](CC(=O)O)C(=O)N[C@@H](CC(C)C)C(=O)N[C@@H](CC(=O)O)C(=O)N[C@@H](CO)C(=O)N[C@@H](CC(C)C)C(=O)N[C@@H](CCCN=C(N)N)C(N)=O. The van der Waals surface area contributed by atoms with Crippen LogP contribution in [0.5, 0.6) is 0 Å². The van der Waals surface area contributed by atoms with E-state index >= 15 is 0 Å². The maximum atomic E-state index is 14.3. The Hall–Kier alpha value is -8.20. The van der Waals surface area contributed by atoms with Crippen LogP contribution in [-0.4, -0.2) is 175 Å². The molecular weight excluding hydrogens is 1120 g/mol. The first-order valence-corrected chi connectivity index (χ1v) is 28.3. The topological polar surface area (TPSA) is 546 Å². The lowest BCUT2D eigenvalue weighted by molar-refractivity contribution is -0.142. The van der Waals surface area contributed by atoms with Crippen molar-refractivity contribution in [2.24, 2.45) is 50.5 Å². The quantitative estimate of drug-likeness (QED) is 0.0169. The summed E-state index contributed by atoms with van der Waals surface area (Å²) < 4.78 is 30.5. The molecule has 1 aromatic carbocycles. The van der Waals surface area contributed by atoms with Crippen molar-refractivity contribution >= 4 is 87.0 Å². The molecule has 1 unspecified atom stereocenters. The molecule has 0 bridgehead atoms. The summed E-state index contributed by atoms with van der Waals surface area (Å²) in [4.78, 5) is 153. The Bertz CT molecular complexity index is 2700. The number of sulfonamides is 1. The Labute approximate surface area is 487 Å². The van der Waals surface area contributed by atoms with Gasteiger partial charge < -0.3 is 86.5 Å². The number of hydrogen-bond acceptors (Lipinski definition) is 16. The van der Waals surface area contributed by atoms with Crippen LogP contribution in [0.2, 0.25) is 0 Å². The fourth-order valence-corrected chi connectivity index (χ4v) is 10.1. The van der Waals surface area contributed by atoms with Crippen LogP contribution in [0.25, 0.3) is 0 Å². The Balaban J connectivity index is 3.65. The maximum Gasteiger partial charge on any atom is 0.305 e. The molecule has 9 amide bonds. The smallest absolute Gasteiger partial charge is 0.305 e. The Kier molecular flexibility index (Phi) is 30.8. The molecule has 0 saturated carbocycles. The van der Waals surface area contributed by atoms with E-state index in [2.05, 4.69) is 57.2 Å². The first-order valence-electron chi connectivity index (χ1n) is 26.8. The first-order chi connectivity index (χ1) is 38.9. The van der Waals surface area contributed by atoms with Crippen molar-refractivity contribution < 1.29 is 76.5 Å². The van der Waals surface area contributed by atoms with Crippen LogP contribution in [0.3, 0.4) is 0 Å². The second-order valence-corrected chi connectivity index (χ2v) is 22.6. The predicted molar refractivity (Wildman–Crippen MR) is 306 cm³/mol. The fourth-order valence-electron chi connectivity index (χ4n) is 8.42. The normalized spacial score (nSPS) is 14.1. The zero-order valence-electron chi connectivity index (χ0n) is 49.1. The van der Waals surface area contributed by atoms with Crippen LogP contribution in [-0.2, 0) is 62.8 Å². The van der Waals surface area contributed by atoms with Crippen molar-refractivity contribution in [3.63, 3.8) is 0 Å². The van der Waals surface area contributed by atoms with Gasteiger partial charge in [-0.3, -0.25) is 62.7 Å². The standard InChI is InChI=1S/C51H86N16O16S/c1-23(2)17-33(44(76)61-31(42(52)74)13-11-15-57-50(53)54)63-49(81)38(22-68)67-47(79)36(20-40(72)73)64-45(77)34(18-24(3)4)62-46(78)35(19-39(70)71)65-48(80)37(66-43(75)32(60-30(10)69)14-12-16-58-51(55)56)21-59-84(82,83)41-28(8)26(6)25(5)27(7)29(41)9/h23-24,31-38,59,68H,11-22H2,1-10H3,(H2,52,74)(H,60,69)(H,61,76)(H,62,78)(H,63,81)(H,64,77)(H,65,80)(H,66,75)(H,67,79)(H,70,71)(H,72,73)(H4,53,54,57)(H4,55,56,58)/t31-,32-,33-,34-,35-,36-,37?,38-/m0/s1. The molecule has 0 aliphatic heterocycles. The van der Waals surface area contributed by atoms with Gasteiger partial charge in [0.05, 0.1) is 24.3 Å². The summed E-state index contributed by atoms with van der Waals surface area (Å²) in [5, 5.41) is 48.4. The number of aliphatic imine (C=N–C) groups is 2. The zero-order chi connectivity index (χ0) is 64.5. The van der Waals surface area contributed by atoms with E-state index in [9.17, 15) is 76.5 Å². The van der Waals surface area contributed by atoms with Crippen molar-refractivity contribution in [3.05, 3.63) is 27.8 Å². The highest BCUT2D eigenvalue weighted by molar-refractivity contribution is 7.89. The predicted octanol–water partition coefficient (Wildman–Crippen LogP) is -4.97. The number of carbonyl (C=O) groups is 11. The first kappa shape index (κ1) is 73.8. The number of primary amides is 1. The van der Waals surface area contributed by atoms with Crippen LogP contribution < -0.4 is 75.9 Å². The third kappa shape index (κ3) is 25.5. The number of carboxylic acid groups (broad SMARTS) is 2. The van der Waals surface area contributed by atoms with Gasteiger partial charge in [-0.2, -0.15) is 0 Å². The van der Waals surface area contributed by atoms with Gasteiger partial charge in [0.25, 0.3) is 0 Å². The molecule has 472 valence electrons. The zero-order valence-corrected chi connectivity index (χ0v) is 49.9. The van der Waals surface area contributed by atoms with E-state index in [0.717, 1.165) is 12.5 Å². The third-order valence-corrected chi connectivity index (χ3v) is 14.8. The van der Waals surface area contributed by atoms with E-state index in [-0.39, 0.29) is 74.3 Å². The number of nitrogens with two attached hydrogens (primary N) is 5. The number of nitrogens with zero attached hydrogens (tertiary/aromatic N) is 2. The van der Waals surface area contributed by atoms with E-state index in [1.165, 1.54) is 0 Å². The van der Waals surface area contributed by atoms with Crippen molar-refractivity contribution in [1.29, 1.82) is 0 Å². The molecule has 0 aliphatic carbocycles. The van der Waals surface area contributed by atoms with Crippen LogP contribution in [0.1, 0.15) is 114 Å². The summed E-state index contributed by atoms with van der Waals surface area (Å²) in [6.45, 7) is 14.2. The number of aliphatic hydroxyl groups is 1. The third-order valence-electron chi connectivity index (χ3n) is 13.1. The molecule has 1 rings (SSSR count). The highest BCUT2D eigenvalue weighted by Crippen LogP contribution is 2.29. The molecule has 33 heteroatoms. The summed E-state index contributed by atoms with van der Waals surface area (Å²) in [5.41, 5.74) is 29.9. The number of rotatable bonds is 37. The minimum Gasteiger partial charge on any atom is -0.481 e. The van der Waals surface area contributed by atoms with Crippen LogP contribution in [0.4, 0.5) is 0 Å². The van der Waals surface area contributed by atoms with Crippen LogP contribution in [0, 0.1) is 46.5 Å². The lowest BCUT2D eigenvalue weighted by Crippen LogP contribution is -2.62. The molecule has 1 aromatic rings. The van der Waals surface area contributed by atoms with Gasteiger partial charge in [0.1, 0.15) is 48.3 Å². The number of nitrogens with one attached hydrogen (secondary N) is 9. The van der Waals surface area contributed by atoms with Crippen LogP contribution in [0.15, 0.2) is 14.9 Å². The number of hydrogen-bond donors (Lipinski definition) is 17. The minimum atomic E-state index is -4.51. The second kappa shape index (κ2) is 35.1. The number of aliphatic carboxylic acids is 2. The van der Waals surface area contributed by atoms with Gasteiger partial charge in [-0.25, -0.2) is 13.1 Å². The number of guanidine groups is 2. The summed E-state index contributed by atoms with van der Waals surface area (Å²) in [5.74, 6) is -14.4. The number of aliphatic hydroxyl groups excluding tert-OH is 1. The fraction of sp³-hybridized carbons (Fsp3) is 0.627. The molecule has 0 aromatic heterocycles. The van der Waals surface area contributed by atoms with Crippen molar-refractivity contribution in [2.75, 3.05) is 26.2 Å². The highest BCUT2D eigenvalue weighted by Gasteiger charge is 2.37. The van der Waals surface area contributed by atoms with Gasteiger partial charge >= 0.3 is 11.9 Å². The molecule has 8 atom stereocenters. The van der Waals surface area contributed by atoms with Gasteiger partial charge in [-0.05, 0) is 113 Å². The molecule has 0 fully saturated rings. The molecule has 0 radical (unpaired) electrons. The molecule has 0 aliphatic rings. The second-order valence-electron chi connectivity index (χ2n) is 20.9. The lowest BCUT2D eigenvalue weighted by Gasteiger charge is -2.28. The molecule has 0 spiro atoms. The monoisotopic (exact) mass is 1210 g/mol. The van der Waals surface area contributed by atoms with Crippen molar-refractivity contribution in [1.82, 2.24) is 47.3 Å². The Morgan fingerprint density at radius 1 is 0.464 bits per heavy atom. The van der Waals surface area contributed by atoms with E-state index < -0.39 is 155 Å². The maximum absolute atomic E-state index is 14.3. The summed E-state index contributed by atoms with van der Waals surface area (Å²) in [7, 11) is -4.51. The number of benzene rings is 1. The average molecular weight is 1210 g/mol. The highest BCUT2D eigenvalue weighted by atomic mass is 32.2. The largest absolute Gasteiger partial charge is 0.481 e. The van der Waals surface area contributed by atoms with E-state index in [1.807, 2.05) is 6.92 Å². The lowest BCUT2D eigenvalue weighted by atomic mass is 9.95. The van der Waals surface area contributed by atoms with E-state index in [0.29, 0.717) is 22.3 Å². The summed E-state index contributed by atoms with van der Waals surface area (Å²) in [6, 6.07) is -13.6. The van der Waals surface area contributed by atoms with Gasteiger partial charge in [0.15, 0.2) is 11.9 Å². The molecule has 0 saturated heterocycles. The van der Waals surface area contributed by atoms with Gasteiger partial charge in [-0.1, -0.05) is 27.7 Å². The van der Waals surface area contributed by atoms with Gasteiger partial charge in [0.2, 0.25) is 63.2 Å². The molecule has 22 N–H and O–H groups in total. The minimum absolute atomic E-state index is 0.00642. The van der Waals surface area contributed by atoms with Gasteiger partial charge in [-0.15, -0.1) is 0 Å². The summed E-state index contributed by atoms with van der Waals surface area (Å²) in [6.07, 6.45) is -2.39.